The van der Waals surface area contributed by atoms with Crippen LogP contribution in [0.15, 0.2) is 42.5 Å². The summed E-state index contributed by atoms with van der Waals surface area (Å²) in [5.41, 5.74) is 1.67. The highest BCUT2D eigenvalue weighted by Crippen LogP contribution is 2.28. The number of benzene rings is 2. The van der Waals surface area contributed by atoms with Gasteiger partial charge in [-0.1, -0.05) is 36.7 Å². The zero-order valence-corrected chi connectivity index (χ0v) is 16.3. The molecule has 0 aliphatic heterocycles. The van der Waals surface area contributed by atoms with Crippen molar-refractivity contribution < 1.29 is 14.3 Å². The molecule has 6 heteroatoms. The maximum atomic E-state index is 12.2. The lowest BCUT2D eigenvalue weighted by atomic mass is 10.1. The van der Waals surface area contributed by atoms with E-state index in [0.29, 0.717) is 35.1 Å². The number of carbonyl (C=O) groups is 1. The quantitative estimate of drug-likeness (QED) is 0.691. The molecule has 0 bridgehead atoms. The predicted molar refractivity (Wildman–Crippen MR) is 105 cm³/mol. The lowest BCUT2D eigenvalue weighted by molar-refractivity contribution is -0.121. The molecule has 1 N–H and O–H groups in total. The molecule has 0 fully saturated rings. The Kier molecular flexibility index (Phi) is 7.97. The summed E-state index contributed by atoms with van der Waals surface area (Å²) in [5.74, 6) is 1.15. The largest absolute Gasteiger partial charge is 0.493 e. The number of nitrogens with zero attached hydrogens (tertiary/aromatic N) is 1. The Morgan fingerprint density at radius 1 is 1.22 bits per heavy atom. The molecule has 2 aromatic carbocycles. The molecule has 2 rings (SSSR count). The van der Waals surface area contributed by atoms with Crippen LogP contribution in [0.5, 0.6) is 11.5 Å². The SMILES string of the molecule is CCCOc1ccc(CCC(=O)NC(C#N)c2ccc(Cl)cc2)cc1OC. The molecule has 0 spiro atoms. The van der Waals surface area contributed by atoms with E-state index in [-0.39, 0.29) is 12.3 Å². The standard InChI is InChI=1S/C21H23ClN2O3/c1-3-12-27-19-10-4-15(13-20(19)26-2)5-11-21(25)24-18(14-23)16-6-8-17(22)9-7-16/h4,6-10,13,18H,3,5,11-12H2,1-2H3,(H,24,25). The molecule has 1 unspecified atom stereocenters. The van der Waals surface area contributed by atoms with E-state index in [9.17, 15) is 10.1 Å². The number of halogens is 1. The van der Waals surface area contributed by atoms with Gasteiger partial charge in [-0.05, 0) is 48.2 Å². The summed E-state index contributed by atoms with van der Waals surface area (Å²) >= 11 is 5.86. The lowest BCUT2D eigenvalue weighted by Crippen LogP contribution is -2.27. The van der Waals surface area contributed by atoms with Gasteiger partial charge in [0.1, 0.15) is 6.04 Å². The first-order valence-electron chi connectivity index (χ1n) is 8.81. The second-order valence-corrected chi connectivity index (χ2v) is 6.45. The van der Waals surface area contributed by atoms with Crippen molar-refractivity contribution in [2.45, 2.75) is 32.2 Å². The van der Waals surface area contributed by atoms with Gasteiger partial charge in [0.05, 0.1) is 19.8 Å². The highest BCUT2D eigenvalue weighted by molar-refractivity contribution is 6.30. The highest BCUT2D eigenvalue weighted by Gasteiger charge is 2.14. The Morgan fingerprint density at radius 3 is 2.59 bits per heavy atom. The van der Waals surface area contributed by atoms with Crippen molar-refractivity contribution in [1.82, 2.24) is 5.32 Å². The summed E-state index contributed by atoms with van der Waals surface area (Å²) in [6, 6.07) is 13.9. The van der Waals surface area contributed by atoms with Crippen molar-refractivity contribution in [2.75, 3.05) is 13.7 Å². The fourth-order valence-electron chi connectivity index (χ4n) is 2.54. The molecular formula is C21H23ClN2O3. The first-order valence-corrected chi connectivity index (χ1v) is 9.19. The first kappa shape index (κ1) is 20.6. The van der Waals surface area contributed by atoms with Gasteiger partial charge in [-0.2, -0.15) is 5.26 Å². The number of amides is 1. The normalized spacial score (nSPS) is 11.3. The molecule has 0 radical (unpaired) electrons. The Hall–Kier alpha value is -2.71. The summed E-state index contributed by atoms with van der Waals surface area (Å²) in [6.45, 7) is 2.66. The van der Waals surface area contributed by atoms with Gasteiger partial charge >= 0.3 is 0 Å². The van der Waals surface area contributed by atoms with E-state index in [1.54, 1.807) is 31.4 Å². The van der Waals surface area contributed by atoms with Crippen LogP contribution in [-0.2, 0) is 11.2 Å². The Labute approximate surface area is 164 Å². The molecule has 1 amide bonds. The number of aryl methyl sites for hydroxylation is 1. The van der Waals surface area contributed by atoms with Crippen LogP contribution >= 0.6 is 11.6 Å². The molecule has 0 heterocycles. The minimum Gasteiger partial charge on any atom is -0.493 e. The summed E-state index contributed by atoms with van der Waals surface area (Å²) in [7, 11) is 1.59. The highest BCUT2D eigenvalue weighted by atomic mass is 35.5. The van der Waals surface area contributed by atoms with Crippen LogP contribution in [0.4, 0.5) is 0 Å². The third-order valence-corrected chi connectivity index (χ3v) is 4.22. The number of rotatable bonds is 9. The summed E-state index contributed by atoms with van der Waals surface area (Å²) < 4.78 is 11.0. The van der Waals surface area contributed by atoms with Crippen molar-refractivity contribution in [3.05, 3.63) is 58.6 Å². The molecule has 0 saturated heterocycles. The maximum Gasteiger partial charge on any atom is 0.221 e. The van der Waals surface area contributed by atoms with Gasteiger partial charge in [-0.3, -0.25) is 4.79 Å². The van der Waals surface area contributed by atoms with Crippen molar-refractivity contribution in [2.24, 2.45) is 0 Å². The molecule has 0 aliphatic rings. The topological polar surface area (TPSA) is 71.3 Å². The van der Waals surface area contributed by atoms with E-state index in [1.165, 1.54) is 0 Å². The molecule has 5 nitrogen and oxygen atoms in total. The van der Waals surface area contributed by atoms with Crippen LogP contribution in [0.2, 0.25) is 5.02 Å². The molecule has 27 heavy (non-hydrogen) atoms. The number of carbonyl (C=O) groups excluding carboxylic acids is 1. The van der Waals surface area contributed by atoms with E-state index in [1.807, 2.05) is 25.1 Å². The van der Waals surface area contributed by atoms with Gasteiger partial charge in [0, 0.05) is 11.4 Å². The third kappa shape index (κ3) is 6.19. The minimum absolute atomic E-state index is 0.193. The minimum atomic E-state index is -0.700. The smallest absolute Gasteiger partial charge is 0.221 e. The zero-order valence-electron chi connectivity index (χ0n) is 15.5. The monoisotopic (exact) mass is 386 g/mol. The van der Waals surface area contributed by atoms with E-state index in [0.717, 1.165) is 12.0 Å². The fraction of sp³-hybridized carbons (Fsp3) is 0.333. The van der Waals surface area contributed by atoms with Crippen LogP contribution in [0.3, 0.4) is 0 Å². The van der Waals surface area contributed by atoms with Gasteiger partial charge in [0.15, 0.2) is 11.5 Å². The van der Waals surface area contributed by atoms with Crippen LogP contribution in [-0.4, -0.2) is 19.6 Å². The van der Waals surface area contributed by atoms with Gasteiger partial charge in [-0.15, -0.1) is 0 Å². The average Bonchev–Trinajstić information content (AvgIpc) is 2.69. The Bertz CT molecular complexity index is 800. The molecule has 0 aromatic heterocycles. The van der Waals surface area contributed by atoms with Crippen LogP contribution in [0.25, 0.3) is 0 Å². The first-order chi connectivity index (χ1) is 13.1. The lowest BCUT2D eigenvalue weighted by Gasteiger charge is -2.13. The maximum absolute atomic E-state index is 12.2. The zero-order chi connectivity index (χ0) is 19.6. The number of ether oxygens (including phenoxy) is 2. The van der Waals surface area contributed by atoms with E-state index < -0.39 is 6.04 Å². The average molecular weight is 387 g/mol. The van der Waals surface area contributed by atoms with Crippen LogP contribution < -0.4 is 14.8 Å². The third-order valence-electron chi connectivity index (χ3n) is 3.97. The second-order valence-electron chi connectivity index (χ2n) is 6.01. The number of nitriles is 1. The molecule has 1 atom stereocenters. The van der Waals surface area contributed by atoms with E-state index in [4.69, 9.17) is 21.1 Å². The van der Waals surface area contributed by atoms with Crippen molar-refractivity contribution in [3.63, 3.8) is 0 Å². The van der Waals surface area contributed by atoms with Gasteiger partial charge in [0.25, 0.3) is 0 Å². The molecule has 0 saturated carbocycles. The molecule has 2 aromatic rings. The number of methoxy groups -OCH3 is 1. The fourth-order valence-corrected chi connectivity index (χ4v) is 2.66. The van der Waals surface area contributed by atoms with E-state index >= 15 is 0 Å². The summed E-state index contributed by atoms with van der Waals surface area (Å²) in [6.07, 6.45) is 1.72. The number of nitrogens with one attached hydrogen (secondary N) is 1. The van der Waals surface area contributed by atoms with Crippen LogP contribution in [0.1, 0.15) is 36.9 Å². The van der Waals surface area contributed by atoms with Crippen LogP contribution in [0, 0.1) is 11.3 Å². The van der Waals surface area contributed by atoms with Gasteiger partial charge in [0.2, 0.25) is 5.91 Å². The number of hydrogen-bond donors (Lipinski definition) is 1. The van der Waals surface area contributed by atoms with Gasteiger partial charge in [-0.25, -0.2) is 0 Å². The van der Waals surface area contributed by atoms with Gasteiger partial charge < -0.3 is 14.8 Å². The molecule has 0 aliphatic carbocycles. The summed E-state index contributed by atoms with van der Waals surface area (Å²) in [4.78, 5) is 12.2. The summed E-state index contributed by atoms with van der Waals surface area (Å²) in [5, 5.41) is 12.7. The van der Waals surface area contributed by atoms with Crippen molar-refractivity contribution >= 4 is 17.5 Å². The number of hydrogen-bond acceptors (Lipinski definition) is 4. The van der Waals surface area contributed by atoms with E-state index in [2.05, 4.69) is 11.4 Å². The Morgan fingerprint density at radius 2 is 1.96 bits per heavy atom. The van der Waals surface area contributed by atoms with Crippen molar-refractivity contribution in [3.8, 4) is 17.6 Å². The molecule has 142 valence electrons. The predicted octanol–water partition coefficient (Wildman–Crippen LogP) is 4.45. The second kappa shape index (κ2) is 10.4. The van der Waals surface area contributed by atoms with Crippen molar-refractivity contribution in [1.29, 1.82) is 5.26 Å². The molecular weight excluding hydrogens is 364 g/mol. The Balaban J connectivity index is 1.94.